The summed E-state index contributed by atoms with van der Waals surface area (Å²) in [5, 5.41) is 11.0. The summed E-state index contributed by atoms with van der Waals surface area (Å²) >= 11 is 0. The Morgan fingerprint density at radius 3 is 2.71 bits per heavy atom. The van der Waals surface area contributed by atoms with Gasteiger partial charge in [0.15, 0.2) is 0 Å². The third-order valence-corrected chi connectivity index (χ3v) is 5.63. The fourth-order valence-electron chi connectivity index (χ4n) is 4.05. The Kier molecular flexibility index (Phi) is 5.13. The molecule has 2 aromatic rings. The van der Waals surface area contributed by atoms with Crippen LogP contribution in [-0.4, -0.2) is 58.6 Å². The predicted molar refractivity (Wildman–Crippen MR) is 104 cm³/mol. The summed E-state index contributed by atoms with van der Waals surface area (Å²) in [6, 6.07) is 7.79. The number of likely N-dealkylation sites (tertiary alicyclic amines) is 1. The van der Waals surface area contributed by atoms with E-state index in [1.807, 2.05) is 24.3 Å². The van der Waals surface area contributed by atoms with E-state index >= 15 is 0 Å². The minimum Gasteiger partial charge on any atom is -0.352 e. The molecule has 2 saturated heterocycles. The molecule has 0 aliphatic carbocycles. The van der Waals surface area contributed by atoms with E-state index in [2.05, 4.69) is 27.7 Å². The maximum atomic E-state index is 12.6. The van der Waals surface area contributed by atoms with Gasteiger partial charge in [-0.1, -0.05) is 18.2 Å². The van der Waals surface area contributed by atoms with Crippen LogP contribution in [0.15, 0.2) is 24.3 Å². The first-order valence-electron chi connectivity index (χ1n) is 9.78. The summed E-state index contributed by atoms with van der Waals surface area (Å²) in [5.41, 5.74) is 1.45. The Bertz CT molecular complexity index is 914. The lowest BCUT2D eigenvalue weighted by atomic mass is 9.93. The number of carbonyl (C=O) groups is 3. The number of nitrogens with one attached hydrogen (secondary N) is 2. The Balaban J connectivity index is 1.54. The third kappa shape index (κ3) is 3.77. The number of benzene rings is 1. The molecule has 4 rings (SSSR count). The molecule has 2 fully saturated rings. The Labute approximate surface area is 163 Å². The Morgan fingerprint density at radius 1 is 1.21 bits per heavy atom. The first kappa shape index (κ1) is 18.6. The van der Waals surface area contributed by atoms with Crippen molar-refractivity contribution in [2.45, 2.75) is 44.2 Å². The van der Waals surface area contributed by atoms with Gasteiger partial charge in [-0.3, -0.25) is 24.4 Å². The minimum absolute atomic E-state index is 0.0716. The predicted octanol–water partition coefficient (Wildman–Crippen LogP) is 0.767. The standard InChI is InChI=1S/C20H25N5O3/c1-24-10-8-13(9-11-24)21-18(27)12-25-16-5-3-2-4-14(16)19(23-25)15-6-7-17(26)22-20(15)28/h2-5,13,15H,6-12H2,1H3,(H,21,27)(H,22,26,28). The number of piperidine rings is 2. The van der Waals surface area contributed by atoms with Crippen molar-refractivity contribution in [1.29, 1.82) is 0 Å². The van der Waals surface area contributed by atoms with Crippen molar-refractivity contribution < 1.29 is 14.4 Å². The lowest BCUT2D eigenvalue weighted by Gasteiger charge is -2.29. The van der Waals surface area contributed by atoms with Gasteiger partial charge in [0.2, 0.25) is 17.7 Å². The summed E-state index contributed by atoms with van der Waals surface area (Å²) in [6.45, 7) is 2.07. The second-order valence-corrected chi connectivity index (χ2v) is 7.71. The van der Waals surface area contributed by atoms with Crippen LogP contribution in [0.5, 0.6) is 0 Å². The number of hydrogen-bond donors (Lipinski definition) is 2. The molecule has 0 saturated carbocycles. The number of nitrogens with zero attached hydrogens (tertiary/aromatic N) is 3. The highest BCUT2D eigenvalue weighted by molar-refractivity contribution is 6.02. The largest absolute Gasteiger partial charge is 0.352 e. The molecule has 148 valence electrons. The zero-order chi connectivity index (χ0) is 19.7. The van der Waals surface area contributed by atoms with Crippen LogP contribution in [0.25, 0.3) is 10.9 Å². The number of imide groups is 1. The summed E-state index contributed by atoms with van der Waals surface area (Å²) in [4.78, 5) is 38.6. The average Bonchev–Trinajstić information content (AvgIpc) is 3.02. The van der Waals surface area contributed by atoms with E-state index in [0.29, 0.717) is 18.5 Å². The highest BCUT2D eigenvalue weighted by atomic mass is 16.2. The van der Waals surface area contributed by atoms with E-state index in [4.69, 9.17) is 0 Å². The Morgan fingerprint density at radius 2 is 1.96 bits per heavy atom. The molecule has 3 amide bonds. The van der Waals surface area contributed by atoms with E-state index in [1.165, 1.54) is 0 Å². The molecular weight excluding hydrogens is 358 g/mol. The number of aromatic nitrogens is 2. The van der Waals surface area contributed by atoms with E-state index in [1.54, 1.807) is 4.68 Å². The van der Waals surface area contributed by atoms with Gasteiger partial charge in [0, 0.05) is 17.8 Å². The fourth-order valence-corrected chi connectivity index (χ4v) is 4.05. The monoisotopic (exact) mass is 383 g/mol. The van der Waals surface area contributed by atoms with Crippen LogP contribution in [0.3, 0.4) is 0 Å². The van der Waals surface area contributed by atoms with Gasteiger partial charge < -0.3 is 10.2 Å². The fraction of sp³-hybridized carbons (Fsp3) is 0.500. The zero-order valence-electron chi connectivity index (χ0n) is 16.0. The lowest BCUT2D eigenvalue weighted by Crippen LogP contribution is -2.44. The van der Waals surface area contributed by atoms with Crippen LogP contribution in [0.1, 0.15) is 37.3 Å². The topological polar surface area (TPSA) is 96.3 Å². The molecule has 8 nitrogen and oxygen atoms in total. The molecule has 28 heavy (non-hydrogen) atoms. The van der Waals surface area contributed by atoms with Crippen molar-refractivity contribution in [3.8, 4) is 0 Å². The van der Waals surface area contributed by atoms with E-state index < -0.39 is 5.92 Å². The molecule has 3 heterocycles. The number of para-hydroxylation sites is 1. The van der Waals surface area contributed by atoms with Crippen molar-refractivity contribution in [3.05, 3.63) is 30.0 Å². The van der Waals surface area contributed by atoms with Crippen LogP contribution >= 0.6 is 0 Å². The maximum Gasteiger partial charge on any atom is 0.241 e. The van der Waals surface area contributed by atoms with Gasteiger partial charge >= 0.3 is 0 Å². The van der Waals surface area contributed by atoms with Crippen molar-refractivity contribution in [1.82, 2.24) is 25.3 Å². The molecular formula is C20H25N5O3. The smallest absolute Gasteiger partial charge is 0.241 e. The highest BCUT2D eigenvalue weighted by Crippen LogP contribution is 2.30. The summed E-state index contributed by atoms with van der Waals surface area (Å²) < 4.78 is 1.67. The minimum atomic E-state index is -0.471. The van der Waals surface area contributed by atoms with Crippen molar-refractivity contribution in [2.75, 3.05) is 20.1 Å². The molecule has 1 aromatic heterocycles. The van der Waals surface area contributed by atoms with Crippen molar-refractivity contribution >= 4 is 28.6 Å². The molecule has 8 heteroatoms. The van der Waals surface area contributed by atoms with Gasteiger partial charge in [0.25, 0.3) is 0 Å². The second-order valence-electron chi connectivity index (χ2n) is 7.71. The van der Waals surface area contributed by atoms with Gasteiger partial charge in [-0.15, -0.1) is 0 Å². The molecule has 2 N–H and O–H groups in total. The Hall–Kier alpha value is -2.74. The molecule has 1 atom stereocenters. The average molecular weight is 383 g/mol. The van der Waals surface area contributed by atoms with Crippen LogP contribution < -0.4 is 10.6 Å². The quantitative estimate of drug-likeness (QED) is 0.760. The number of amides is 3. The van der Waals surface area contributed by atoms with Gasteiger partial charge in [-0.2, -0.15) is 5.10 Å². The van der Waals surface area contributed by atoms with Crippen LogP contribution in [0, 0.1) is 0 Å². The molecule has 1 aromatic carbocycles. The second kappa shape index (κ2) is 7.71. The van der Waals surface area contributed by atoms with E-state index in [-0.39, 0.29) is 30.3 Å². The van der Waals surface area contributed by atoms with Gasteiger partial charge in [0.05, 0.1) is 17.1 Å². The van der Waals surface area contributed by atoms with Gasteiger partial charge in [-0.05, 0) is 45.5 Å². The van der Waals surface area contributed by atoms with Gasteiger partial charge in [0.1, 0.15) is 6.54 Å². The summed E-state index contributed by atoms with van der Waals surface area (Å²) in [5.74, 6) is -1.11. The molecule has 2 aliphatic heterocycles. The molecule has 0 bridgehead atoms. The third-order valence-electron chi connectivity index (χ3n) is 5.63. The molecule has 1 unspecified atom stereocenters. The first-order chi connectivity index (χ1) is 13.5. The normalized spacial score (nSPS) is 21.7. The molecule has 2 aliphatic rings. The van der Waals surface area contributed by atoms with E-state index in [0.717, 1.165) is 36.8 Å². The SMILES string of the molecule is CN1CCC(NC(=O)Cn2nc(C3CCC(=O)NC3=O)c3ccccc32)CC1. The van der Waals surface area contributed by atoms with Gasteiger partial charge in [-0.25, -0.2) is 0 Å². The first-order valence-corrected chi connectivity index (χ1v) is 9.78. The van der Waals surface area contributed by atoms with Crippen molar-refractivity contribution in [3.63, 3.8) is 0 Å². The molecule has 0 spiro atoms. The highest BCUT2D eigenvalue weighted by Gasteiger charge is 2.32. The van der Waals surface area contributed by atoms with Crippen LogP contribution in [-0.2, 0) is 20.9 Å². The molecule has 0 radical (unpaired) electrons. The van der Waals surface area contributed by atoms with Crippen LogP contribution in [0.4, 0.5) is 0 Å². The summed E-state index contributed by atoms with van der Waals surface area (Å²) in [6.07, 6.45) is 2.63. The number of hydrogen-bond acceptors (Lipinski definition) is 5. The number of fused-ring (bicyclic) bond motifs is 1. The zero-order valence-corrected chi connectivity index (χ0v) is 16.0. The summed E-state index contributed by atoms with van der Waals surface area (Å²) in [7, 11) is 2.09. The number of carbonyl (C=O) groups excluding carboxylic acids is 3. The number of rotatable bonds is 4. The van der Waals surface area contributed by atoms with Crippen LogP contribution in [0.2, 0.25) is 0 Å². The maximum absolute atomic E-state index is 12.6. The lowest BCUT2D eigenvalue weighted by molar-refractivity contribution is -0.134. The van der Waals surface area contributed by atoms with E-state index in [9.17, 15) is 14.4 Å². The van der Waals surface area contributed by atoms with Crippen molar-refractivity contribution in [2.24, 2.45) is 0 Å².